The molecule has 1 aromatic heterocycles. The highest BCUT2D eigenvalue weighted by atomic mass is 16.5. The van der Waals surface area contributed by atoms with Gasteiger partial charge < -0.3 is 19.9 Å². The molecule has 160 valence electrons. The molecular weight excluding hydrogens is 388 g/mol. The number of aliphatic imine (C=N–C) groups is 1. The lowest BCUT2D eigenvalue weighted by Gasteiger charge is -2.15. The summed E-state index contributed by atoms with van der Waals surface area (Å²) in [5, 5.41) is 6.69. The van der Waals surface area contributed by atoms with Crippen molar-refractivity contribution in [3.63, 3.8) is 0 Å². The largest absolute Gasteiger partial charge is 0.488 e. The second-order valence-electron chi connectivity index (χ2n) is 7.61. The number of fused-ring (bicyclic) bond motifs is 1. The van der Waals surface area contributed by atoms with E-state index < -0.39 is 0 Å². The Kier molecular flexibility index (Phi) is 6.67. The van der Waals surface area contributed by atoms with Gasteiger partial charge in [-0.15, -0.1) is 0 Å². The molecule has 6 nitrogen and oxygen atoms in total. The maximum atomic E-state index is 11.9. The van der Waals surface area contributed by atoms with Crippen molar-refractivity contribution in [2.75, 3.05) is 13.1 Å². The zero-order valence-electron chi connectivity index (χ0n) is 17.8. The minimum absolute atomic E-state index is 0.00636. The molecule has 0 saturated carbocycles. The summed E-state index contributed by atoms with van der Waals surface area (Å²) >= 11 is 0. The summed E-state index contributed by atoms with van der Waals surface area (Å²) in [5.74, 6) is 1.76. The zero-order valence-corrected chi connectivity index (χ0v) is 17.8. The Morgan fingerprint density at radius 3 is 2.58 bits per heavy atom. The van der Waals surface area contributed by atoms with E-state index in [2.05, 4.69) is 35.8 Å². The van der Waals surface area contributed by atoms with Gasteiger partial charge in [0.05, 0.1) is 19.6 Å². The van der Waals surface area contributed by atoms with Crippen LogP contribution in [0.4, 0.5) is 0 Å². The van der Waals surface area contributed by atoms with Gasteiger partial charge in [-0.25, -0.2) is 4.99 Å². The molecule has 0 amide bonds. The van der Waals surface area contributed by atoms with Gasteiger partial charge in [0, 0.05) is 25.2 Å². The molecule has 2 heterocycles. The number of pyridine rings is 1. The lowest BCUT2D eigenvalue weighted by molar-refractivity contribution is 0.235. The lowest BCUT2D eigenvalue weighted by atomic mass is 10.1. The van der Waals surface area contributed by atoms with Crippen LogP contribution in [0.5, 0.6) is 5.75 Å². The first-order valence-electron chi connectivity index (χ1n) is 10.7. The van der Waals surface area contributed by atoms with Crippen molar-refractivity contribution in [3.8, 4) is 5.75 Å². The highest BCUT2D eigenvalue weighted by molar-refractivity contribution is 5.79. The second-order valence-corrected chi connectivity index (χ2v) is 7.61. The fraction of sp³-hybridized carbons (Fsp3) is 0.280. The fourth-order valence-electron chi connectivity index (χ4n) is 3.63. The first-order valence-corrected chi connectivity index (χ1v) is 10.7. The zero-order chi connectivity index (χ0) is 21.5. The molecule has 0 bridgehead atoms. The average Bonchev–Trinajstić information content (AvgIpc) is 3.21. The van der Waals surface area contributed by atoms with Gasteiger partial charge in [-0.3, -0.25) is 4.79 Å². The van der Waals surface area contributed by atoms with Gasteiger partial charge in [-0.2, -0.15) is 0 Å². The number of guanidine groups is 1. The van der Waals surface area contributed by atoms with Crippen LogP contribution in [0.15, 0.2) is 82.7 Å². The Labute approximate surface area is 182 Å². The third kappa shape index (κ3) is 5.54. The molecule has 2 aromatic carbocycles. The van der Waals surface area contributed by atoms with Crippen LogP contribution in [0.2, 0.25) is 0 Å². The number of hydrogen-bond acceptors (Lipinski definition) is 3. The van der Waals surface area contributed by atoms with Gasteiger partial charge in [0.15, 0.2) is 5.96 Å². The van der Waals surface area contributed by atoms with E-state index in [0.717, 1.165) is 35.8 Å². The van der Waals surface area contributed by atoms with Gasteiger partial charge in [-0.1, -0.05) is 48.5 Å². The van der Waals surface area contributed by atoms with Crippen LogP contribution < -0.4 is 20.9 Å². The lowest BCUT2D eigenvalue weighted by Crippen LogP contribution is -2.42. The van der Waals surface area contributed by atoms with Crippen LogP contribution in [0.3, 0.4) is 0 Å². The normalized spacial score (nSPS) is 15.3. The third-order valence-electron chi connectivity index (χ3n) is 5.25. The Hall–Kier alpha value is -3.54. The Balaban J connectivity index is 1.32. The molecule has 0 radical (unpaired) electrons. The topological polar surface area (TPSA) is 67.7 Å². The number of benzene rings is 2. The fourth-order valence-corrected chi connectivity index (χ4v) is 3.63. The van der Waals surface area contributed by atoms with E-state index in [0.29, 0.717) is 19.6 Å². The number of ether oxygens (including phenoxy) is 1. The minimum atomic E-state index is 0.00636. The molecule has 6 heteroatoms. The highest BCUT2D eigenvalue weighted by Gasteiger charge is 2.22. The van der Waals surface area contributed by atoms with E-state index in [4.69, 9.17) is 9.73 Å². The van der Waals surface area contributed by atoms with E-state index >= 15 is 0 Å². The van der Waals surface area contributed by atoms with Crippen molar-refractivity contribution in [3.05, 3.63) is 100.0 Å². The summed E-state index contributed by atoms with van der Waals surface area (Å²) in [6, 6.07) is 21.6. The number of aromatic nitrogens is 1. The number of nitrogens with zero attached hydrogens (tertiary/aromatic N) is 2. The third-order valence-corrected chi connectivity index (χ3v) is 5.25. The van der Waals surface area contributed by atoms with Crippen LogP contribution in [0.1, 0.15) is 23.6 Å². The van der Waals surface area contributed by atoms with Gasteiger partial charge in [0.25, 0.3) is 5.56 Å². The van der Waals surface area contributed by atoms with Crippen LogP contribution in [0, 0.1) is 0 Å². The van der Waals surface area contributed by atoms with Crippen LogP contribution >= 0.6 is 0 Å². The molecule has 3 aromatic rings. The van der Waals surface area contributed by atoms with Gasteiger partial charge in [-0.05, 0) is 35.7 Å². The summed E-state index contributed by atoms with van der Waals surface area (Å²) in [5.41, 5.74) is 3.47. The predicted octanol–water partition coefficient (Wildman–Crippen LogP) is 2.96. The molecule has 4 rings (SSSR count). The van der Waals surface area contributed by atoms with Crippen LogP contribution in [0.25, 0.3) is 0 Å². The van der Waals surface area contributed by atoms with E-state index in [-0.39, 0.29) is 11.7 Å². The molecule has 0 fully saturated rings. The van der Waals surface area contributed by atoms with Crippen LogP contribution in [-0.2, 0) is 19.5 Å². The summed E-state index contributed by atoms with van der Waals surface area (Å²) < 4.78 is 7.70. The monoisotopic (exact) mass is 416 g/mol. The van der Waals surface area contributed by atoms with Crippen molar-refractivity contribution in [1.82, 2.24) is 15.2 Å². The summed E-state index contributed by atoms with van der Waals surface area (Å²) in [6.45, 7) is 4.69. The highest BCUT2D eigenvalue weighted by Crippen LogP contribution is 2.27. The number of rotatable bonds is 7. The Morgan fingerprint density at radius 1 is 1.03 bits per heavy atom. The predicted molar refractivity (Wildman–Crippen MR) is 124 cm³/mol. The maximum Gasteiger partial charge on any atom is 0.250 e. The average molecular weight is 417 g/mol. The summed E-state index contributed by atoms with van der Waals surface area (Å²) in [4.78, 5) is 16.6. The molecule has 0 saturated heterocycles. The van der Waals surface area contributed by atoms with E-state index in [9.17, 15) is 4.79 Å². The summed E-state index contributed by atoms with van der Waals surface area (Å²) in [6.07, 6.45) is 2.83. The molecule has 1 atom stereocenters. The molecule has 0 aliphatic carbocycles. The maximum absolute atomic E-state index is 11.9. The van der Waals surface area contributed by atoms with Crippen molar-refractivity contribution >= 4 is 5.96 Å². The van der Waals surface area contributed by atoms with Crippen molar-refractivity contribution in [2.45, 2.75) is 32.5 Å². The molecule has 1 aliphatic heterocycles. The molecule has 0 spiro atoms. The van der Waals surface area contributed by atoms with Gasteiger partial charge >= 0.3 is 0 Å². The molecule has 1 aliphatic rings. The quantitative estimate of drug-likeness (QED) is 0.459. The van der Waals surface area contributed by atoms with Gasteiger partial charge in [0.2, 0.25) is 0 Å². The van der Waals surface area contributed by atoms with Crippen LogP contribution in [-0.4, -0.2) is 29.7 Å². The summed E-state index contributed by atoms with van der Waals surface area (Å²) in [7, 11) is 0. The second kappa shape index (κ2) is 9.98. The Morgan fingerprint density at radius 2 is 1.81 bits per heavy atom. The standard InChI is InChI=1S/C25H28N4O2/c1-2-26-25(28-17-22-15-21-7-3-4-8-23(21)31-22)27-16-19-10-12-20(13-11-19)18-29-14-6-5-9-24(29)30/h3-14,22H,2,15-18H2,1H3,(H2,26,27,28). The van der Waals surface area contributed by atoms with Crippen molar-refractivity contribution in [2.24, 2.45) is 4.99 Å². The van der Waals surface area contributed by atoms with Crippen molar-refractivity contribution < 1.29 is 4.74 Å². The van der Waals surface area contributed by atoms with Gasteiger partial charge in [0.1, 0.15) is 11.9 Å². The first-order chi connectivity index (χ1) is 15.2. The number of nitrogens with one attached hydrogen (secondary N) is 2. The smallest absolute Gasteiger partial charge is 0.250 e. The molecule has 31 heavy (non-hydrogen) atoms. The Bertz CT molecular complexity index is 1060. The molecule has 1 unspecified atom stereocenters. The first kappa shape index (κ1) is 20.7. The van der Waals surface area contributed by atoms with E-state index in [1.807, 2.05) is 42.6 Å². The molecule has 2 N–H and O–H groups in total. The van der Waals surface area contributed by atoms with E-state index in [1.165, 1.54) is 5.56 Å². The number of para-hydroxylation sites is 1. The minimum Gasteiger partial charge on any atom is -0.488 e. The van der Waals surface area contributed by atoms with E-state index in [1.54, 1.807) is 16.7 Å². The van der Waals surface area contributed by atoms with Crippen molar-refractivity contribution in [1.29, 1.82) is 0 Å². The molecular formula is C25H28N4O2. The SMILES string of the molecule is CCNC(=NCc1ccc(Cn2ccccc2=O)cc1)NCC1Cc2ccccc2O1. The number of hydrogen-bond donors (Lipinski definition) is 2.